The van der Waals surface area contributed by atoms with E-state index in [-0.39, 0.29) is 5.91 Å². The van der Waals surface area contributed by atoms with Crippen LogP contribution in [0.2, 0.25) is 0 Å². The Balaban J connectivity index is 1.70. The number of nitrogens with zero attached hydrogens (tertiary/aromatic N) is 2. The summed E-state index contributed by atoms with van der Waals surface area (Å²) in [5.41, 5.74) is 2.80. The van der Waals surface area contributed by atoms with Crippen molar-refractivity contribution in [2.45, 2.75) is 13.8 Å². The van der Waals surface area contributed by atoms with Gasteiger partial charge in [-0.05, 0) is 79.2 Å². The van der Waals surface area contributed by atoms with Crippen LogP contribution in [0.25, 0.3) is 10.8 Å². The number of fused-ring (bicyclic) bond motifs is 1. The molecule has 0 saturated heterocycles. The van der Waals surface area contributed by atoms with Gasteiger partial charge in [-0.15, -0.1) is 0 Å². The molecule has 0 aromatic heterocycles. The first-order valence-electron chi connectivity index (χ1n) is 13.1. The van der Waals surface area contributed by atoms with Gasteiger partial charge in [0.25, 0.3) is 5.91 Å². The third-order valence-electron chi connectivity index (χ3n) is 6.26. The van der Waals surface area contributed by atoms with E-state index in [4.69, 9.17) is 14.5 Å². The van der Waals surface area contributed by atoms with Crippen LogP contribution in [0.3, 0.4) is 0 Å². The van der Waals surface area contributed by atoms with Gasteiger partial charge in [-0.25, -0.2) is 4.99 Å². The molecule has 0 unspecified atom stereocenters. The van der Waals surface area contributed by atoms with Crippen LogP contribution >= 0.6 is 0 Å². The number of benzene rings is 5. The number of carbonyl (C=O) groups excluding carboxylic acids is 1. The second-order valence-corrected chi connectivity index (χ2v) is 8.82. The number of rotatable bonds is 8. The van der Waals surface area contributed by atoms with E-state index in [1.54, 1.807) is 4.90 Å². The van der Waals surface area contributed by atoms with Gasteiger partial charge in [-0.3, -0.25) is 9.69 Å². The Kier molecular flexibility index (Phi) is 7.98. The molecule has 0 N–H and O–H groups in total. The molecule has 5 aromatic carbocycles. The molecule has 1 amide bonds. The molecule has 0 spiro atoms. The number of carbonyl (C=O) groups is 1. The molecule has 5 aromatic rings. The number of hydrogen-bond acceptors (Lipinski definition) is 4. The molecule has 194 valence electrons. The Labute approximate surface area is 229 Å². The molecule has 5 nitrogen and oxygen atoms in total. The zero-order chi connectivity index (χ0) is 27.0. The summed E-state index contributed by atoms with van der Waals surface area (Å²) >= 11 is 0. The van der Waals surface area contributed by atoms with E-state index in [1.807, 2.05) is 135 Å². The van der Waals surface area contributed by atoms with Gasteiger partial charge in [-0.2, -0.15) is 0 Å². The van der Waals surface area contributed by atoms with Crippen molar-refractivity contribution in [2.75, 3.05) is 18.1 Å². The first-order valence-corrected chi connectivity index (χ1v) is 13.1. The second kappa shape index (κ2) is 12.1. The summed E-state index contributed by atoms with van der Waals surface area (Å²) in [7, 11) is 0. The maximum absolute atomic E-state index is 14.5. The van der Waals surface area contributed by atoms with E-state index in [9.17, 15) is 4.79 Å². The van der Waals surface area contributed by atoms with E-state index in [0.29, 0.717) is 36.0 Å². The minimum Gasteiger partial charge on any atom is -0.494 e. The highest BCUT2D eigenvalue weighted by molar-refractivity contribution is 6.30. The molecule has 0 saturated carbocycles. The summed E-state index contributed by atoms with van der Waals surface area (Å²) in [6, 6.07) is 38.6. The first-order chi connectivity index (χ1) is 19.2. The third kappa shape index (κ3) is 5.83. The number of amides is 1. The lowest BCUT2D eigenvalue weighted by molar-refractivity contribution is 0.100. The largest absolute Gasteiger partial charge is 0.494 e. The Morgan fingerprint density at radius 3 is 1.92 bits per heavy atom. The van der Waals surface area contributed by atoms with Crippen LogP contribution in [0.5, 0.6) is 11.5 Å². The Morgan fingerprint density at radius 1 is 0.667 bits per heavy atom. The van der Waals surface area contributed by atoms with Gasteiger partial charge in [0.1, 0.15) is 17.3 Å². The molecule has 0 atom stereocenters. The Bertz CT molecular complexity index is 1570. The molecular formula is C34H30N2O3. The molecular weight excluding hydrogens is 484 g/mol. The molecule has 5 rings (SSSR count). The highest BCUT2D eigenvalue weighted by Gasteiger charge is 2.26. The van der Waals surface area contributed by atoms with E-state index < -0.39 is 0 Å². The van der Waals surface area contributed by atoms with Crippen LogP contribution in [0, 0.1) is 0 Å². The smallest absolute Gasteiger partial charge is 0.264 e. The van der Waals surface area contributed by atoms with Gasteiger partial charge in [0.05, 0.1) is 24.6 Å². The molecule has 0 aliphatic heterocycles. The predicted molar refractivity (Wildman–Crippen MR) is 159 cm³/mol. The van der Waals surface area contributed by atoms with Crippen molar-refractivity contribution in [3.8, 4) is 11.5 Å². The standard InChI is InChI=1S/C34H30N2O3/c1-3-38-29-21-17-27(18-22-29)35-33(26-12-6-5-7-13-26)36(28-19-23-30(24-20-28)39-4-2)34(37)32-16-10-14-25-11-8-9-15-31(25)32/h5-24H,3-4H2,1-2H3. The van der Waals surface area contributed by atoms with Crippen molar-refractivity contribution in [2.24, 2.45) is 4.99 Å². The lowest BCUT2D eigenvalue weighted by Gasteiger charge is -2.26. The van der Waals surface area contributed by atoms with Crippen LogP contribution in [0.15, 0.2) is 126 Å². The highest BCUT2D eigenvalue weighted by Crippen LogP contribution is 2.29. The molecule has 0 bridgehead atoms. The SMILES string of the molecule is CCOc1ccc(N=C(c2ccccc2)N(C(=O)c2cccc3ccccc23)c2ccc(OCC)cc2)cc1. The van der Waals surface area contributed by atoms with E-state index in [1.165, 1.54) is 0 Å². The van der Waals surface area contributed by atoms with Gasteiger partial charge in [0.2, 0.25) is 0 Å². The minimum atomic E-state index is -0.176. The quantitative estimate of drug-likeness (QED) is 0.155. The lowest BCUT2D eigenvalue weighted by atomic mass is 10.0. The van der Waals surface area contributed by atoms with Crippen molar-refractivity contribution in [1.82, 2.24) is 0 Å². The Morgan fingerprint density at radius 2 is 1.26 bits per heavy atom. The topological polar surface area (TPSA) is 51.1 Å². The van der Waals surface area contributed by atoms with Gasteiger partial charge < -0.3 is 9.47 Å². The van der Waals surface area contributed by atoms with Crippen LogP contribution in [0.4, 0.5) is 11.4 Å². The van der Waals surface area contributed by atoms with Gasteiger partial charge in [0, 0.05) is 11.1 Å². The normalized spacial score (nSPS) is 11.3. The number of amidine groups is 1. The molecule has 0 radical (unpaired) electrons. The monoisotopic (exact) mass is 514 g/mol. The van der Waals surface area contributed by atoms with E-state index in [0.717, 1.165) is 27.8 Å². The van der Waals surface area contributed by atoms with Gasteiger partial charge in [0.15, 0.2) is 0 Å². The molecule has 0 aliphatic rings. The molecule has 39 heavy (non-hydrogen) atoms. The predicted octanol–water partition coefficient (Wildman–Crippen LogP) is 8.06. The summed E-state index contributed by atoms with van der Waals surface area (Å²) in [5, 5.41) is 1.88. The maximum atomic E-state index is 14.5. The number of anilines is 1. The van der Waals surface area contributed by atoms with Gasteiger partial charge in [-0.1, -0.05) is 66.7 Å². The average Bonchev–Trinajstić information content (AvgIpc) is 2.99. The number of aliphatic imine (C=N–C) groups is 1. The van der Waals surface area contributed by atoms with Crippen LogP contribution < -0.4 is 14.4 Å². The van der Waals surface area contributed by atoms with Crippen molar-refractivity contribution in [3.05, 3.63) is 132 Å². The number of hydrogen-bond donors (Lipinski definition) is 0. The van der Waals surface area contributed by atoms with Crippen LogP contribution in [0.1, 0.15) is 29.8 Å². The first kappa shape index (κ1) is 25.7. The molecule has 0 fully saturated rings. The molecule has 0 aliphatic carbocycles. The molecule has 5 heteroatoms. The summed E-state index contributed by atoms with van der Waals surface area (Å²) in [6.45, 7) is 5.05. The van der Waals surface area contributed by atoms with Gasteiger partial charge >= 0.3 is 0 Å². The average molecular weight is 515 g/mol. The second-order valence-electron chi connectivity index (χ2n) is 8.82. The fourth-order valence-corrected chi connectivity index (χ4v) is 4.46. The summed E-state index contributed by atoms with van der Waals surface area (Å²) in [6.07, 6.45) is 0. The fourth-order valence-electron chi connectivity index (χ4n) is 4.46. The zero-order valence-electron chi connectivity index (χ0n) is 22.1. The zero-order valence-corrected chi connectivity index (χ0v) is 22.1. The summed E-state index contributed by atoms with van der Waals surface area (Å²) in [4.78, 5) is 21.2. The van der Waals surface area contributed by atoms with Crippen LogP contribution in [-0.2, 0) is 0 Å². The van der Waals surface area contributed by atoms with Crippen molar-refractivity contribution >= 4 is 33.9 Å². The number of ether oxygens (including phenoxy) is 2. The van der Waals surface area contributed by atoms with Crippen LogP contribution in [-0.4, -0.2) is 25.0 Å². The highest BCUT2D eigenvalue weighted by atomic mass is 16.5. The summed E-state index contributed by atoms with van der Waals surface area (Å²) in [5.74, 6) is 1.85. The lowest BCUT2D eigenvalue weighted by Crippen LogP contribution is -2.37. The third-order valence-corrected chi connectivity index (χ3v) is 6.26. The van der Waals surface area contributed by atoms with E-state index >= 15 is 0 Å². The van der Waals surface area contributed by atoms with E-state index in [2.05, 4.69) is 0 Å². The Hall–Kier alpha value is -4.90. The summed E-state index contributed by atoms with van der Waals surface area (Å²) < 4.78 is 11.3. The fraction of sp³-hybridized carbons (Fsp3) is 0.118. The maximum Gasteiger partial charge on any atom is 0.264 e. The molecule has 0 heterocycles. The van der Waals surface area contributed by atoms with Crippen molar-refractivity contribution in [3.63, 3.8) is 0 Å². The van der Waals surface area contributed by atoms with Crippen molar-refractivity contribution < 1.29 is 14.3 Å². The van der Waals surface area contributed by atoms with Crippen molar-refractivity contribution in [1.29, 1.82) is 0 Å². The minimum absolute atomic E-state index is 0.176.